The summed E-state index contributed by atoms with van der Waals surface area (Å²) in [5, 5.41) is 9.41. The Morgan fingerprint density at radius 2 is 2.00 bits per heavy atom. The maximum atomic E-state index is 12.8. The molecule has 0 saturated heterocycles. The highest BCUT2D eigenvalue weighted by molar-refractivity contribution is 9.10. The molecule has 0 bridgehead atoms. The van der Waals surface area contributed by atoms with Crippen LogP contribution in [-0.2, 0) is 0 Å². The van der Waals surface area contributed by atoms with E-state index in [-0.39, 0.29) is 4.47 Å². The standard InChI is InChI=1S/C8H6BrCl2FO/c9-5-3-4(1-2-6(5)12)7(13)8(10)11/h1-3,7-8,13H. The SMILES string of the molecule is OC(c1ccc(F)c(Br)c1)C(Cl)Cl. The van der Waals surface area contributed by atoms with Gasteiger partial charge >= 0.3 is 0 Å². The second kappa shape index (κ2) is 4.60. The number of halogens is 4. The maximum absolute atomic E-state index is 12.8. The summed E-state index contributed by atoms with van der Waals surface area (Å²) in [5.74, 6) is -0.392. The van der Waals surface area contributed by atoms with Crippen molar-refractivity contribution in [1.82, 2.24) is 0 Å². The van der Waals surface area contributed by atoms with Crippen LogP contribution in [0.2, 0.25) is 0 Å². The molecule has 0 saturated carbocycles. The molecule has 0 heterocycles. The van der Waals surface area contributed by atoms with Crippen LogP contribution in [0, 0.1) is 5.82 Å². The molecule has 1 nitrogen and oxygen atoms in total. The van der Waals surface area contributed by atoms with E-state index in [1.165, 1.54) is 18.2 Å². The van der Waals surface area contributed by atoms with Crippen LogP contribution in [0.1, 0.15) is 11.7 Å². The zero-order valence-electron chi connectivity index (χ0n) is 6.35. The third-order valence-electron chi connectivity index (χ3n) is 1.52. The van der Waals surface area contributed by atoms with Gasteiger partial charge in [-0.2, -0.15) is 0 Å². The number of alkyl halides is 2. The lowest BCUT2D eigenvalue weighted by atomic mass is 10.1. The number of aliphatic hydroxyl groups is 1. The maximum Gasteiger partial charge on any atom is 0.137 e. The van der Waals surface area contributed by atoms with Crippen molar-refractivity contribution in [2.45, 2.75) is 10.9 Å². The van der Waals surface area contributed by atoms with Gasteiger partial charge in [0.25, 0.3) is 0 Å². The Morgan fingerprint density at radius 1 is 1.38 bits per heavy atom. The van der Waals surface area contributed by atoms with Crippen LogP contribution in [0.15, 0.2) is 22.7 Å². The summed E-state index contributed by atoms with van der Waals surface area (Å²) >= 11 is 13.9. The fraction of sp³-hybridized carbons (Fsp3) is 0.250. The third-order valence-corrected chi connectivity index (χ3v) is 2.61. The monoisotopic (exact) mass is 286 g/mol. The number of hydrogen-bond donors (Lipinski definition) is 1. The second-order valence-corrected chi connectivity index (χ2v) is 4.47. The van der Waals surface area contributed by atoms with E-state index in [1.807, 2.05) is 0 Å². The van der Waals surface area contributed by atoms with Gasteiger partial charge < -0.3 is 5.11 Å². The molecule has 1 unspecified atom stereocenters. The van der Waals surface area contributed by atoms with E-state index < -0.39 is 16.8 Å². The Kier molecular flexibility index (Phi) is 3.98. The molecule has 0 radical (unpaired) electrons. The van der Waals surface area contributed by atoms with Crippen molar-refractivity contribution < 1.29 is 9.50 Å². The first-order valence-corrected chi connectivity index (χ1v) is 5.10. The molecule has 1 aromatic carbocycles. The largest absolute Gasteiger partial charge is 0.386 e. The van der Waals surface area contributed by atoms with Crippen molar-refractivity contribution in [1.29, 1.82) is 0 Å². The Morgan fingerprint density at radius 3 is 2.46 bits per heavy atom. The average Bonchev–Trinajstić information content (AvgIpc) is 2.08. The molecule has 1 N–H and O–H groups in total. The Balaban J connectivity index is 2.97. The normalized spacial score (nSPS) is 13.4. The summed E-state index contributed by atoms with van der Waals surface area (Å²) in [5.41, 5.74) is 0.475. The topological polar surface area (TPSA) is 20.2 Å². The van der Waals surface area contributed by atoms with E-state index in [4.69, 9.17) is 23.2 Å². The molecule has 0 fully saturated rings. The fourth-order valence-corrected chi connectivity index (χ4v) is 1.53. The first kappa shape index (κ1) is 11.2. The lowest BCUT2D eigenvalue weighted by Crippen LogP contribution is -2.05. The van der Waals surface area contributed by atoms with Crippen LogP contribution in [0.25, 0.3) is 0 Å². The molecule has 0 amide bonds. The first-order valence-electron chi connectivity index (χ1n) is 3.43. The van der Waals surface area contributed by atoms with Crippen molar-refractivity contribution >= 4 is 39.1 Å². The molecule has 0 aliphatic carbocycles. The van der Waals surface area contributed by atoms with Gasteiger partial charge in [0.05, 0.1) is 4.47 Å². The van der Waals surface area contributed by atoms with E-state index in [2.05, 4.69) is 15.9 Å². The van der Waals surface area contributed by atoms with Crippen molar-refractivity contribution in [3.8, 4) is 0 Å². The van der Waals surface area contributed by atoms with Crippen LogP contribution >= 0.6 is 39.1 Å². The molecular formula is C8H6BrCl2FO. The van der Waals surface area contributed by atoms with E-state index in [0.717, 1.165) is 0 Å². The minimum Gasteiger partial charge on any atom is -0.386 e. The smallest absolute Gasteiger partial charge is 0.137 e. The zero-order valence-corrected chi connectivity index (χ0v) is 9.44. The summed E-state index contributed by atoms with van der Waals surface area (Å²) in [6, 6.07) is 4.11. The van der Waals surface area contributed by atoms with E-state index in [9.17, 15) is 9.50 Å². The Hall–Kier alpha value is 0.170. The van der Waals surface area contributed by atoms with Crippen molar-refractivity contribution in [3.63, 3.8) is 0 Å². The molecule has 5 heteroatoms. The number of aliphatic hydroxyl groups excluding tert-OH is 1. The zero-order chi connectivity index (χ0) is 10.0. The third kappa shape index (κ3) is 2.81. The molecule has 1 rings (SSSR count). The van der Waals surface area contributed by atoms with Crippen LogP contribution in [0.3, 0.4) is 0 Å². The van der Waals surface area contributed by atoms with Gasteiger partial charge in [-0.25, -0.2) is 4.39 Å². The van der Waals surface area contributed by atoms with Gasteiger partial charge in [0.2, 0.25) is 0 Å². The molecular weight excluding hydrogens is 282 g/mol. The van der Waals surface area contributed by atoms with Crippen molar-refractivity contribution in [2.75, 3.05) is 0 Å². The highest BCUT2D eigenvalue weighted by Crippen LogP contribution is 2.27. The minimum absolute atomic E-state index is 0.276. The van der Waals surface area contributed by atoms with Crippen LogP contribution < -0.4 is 0 Å². The van der Waals surface area contributed by atoms with E-state index >= 15 is 0 Å². The van der Waals surface area contributed by atoms with Crippen molar-refractivity contribution in [3.05, 3.63) is 34.1 Å². The van der Waals surface area contributed by atoms with Crippen LogP contribution in [0.5, 0.6) is 0 Å². The first-order chi connectivity index (χ1) is 6.02. The summed E-state index contributed by atoms with van der Waals surface area (Å²) in [4.78, 5) is -0.919. The highest BCUT2D eigenvalue weighted by atomic mass is 79.9. The number of rotatable bonds is 2. The Bertz CT molecular complexity index is 306. The van der Waals surface area contributed by atoms with Gasteiger partial charge in [0.15, 0.2) is 0 Å². The molecule has 0 aliphatic rings. The van der Waals surface area contributed by atoms with Crippen molar-refractivity contribution in [2.24, 2.45) is 0 Å². The lowest BCUT2D eigenvalue weighted by Gasteiger charge is -2.11. The van der Waals surface area contributed by atoms with E-state index in [0.29, 0.717) is 5.56 Å². The molecule has 1 atom stereocenters. The Labute approximate surface area is 93.6 Å². The summed E-state index contributed by atoms with van der Waals surface area (Å²) in [6.07, 6.45) is -1.000. The molecule has 1 aromatic rings. The molecule has 0 spiro atoms. The number of hydrogen-bond acceptors (Lipinski definition) is 1. The van der Waals surface area contributed by atoms with Gasteiger partial charge in [-0.3, -0.25) is 0 Å². The predicted molar refractivity (Wildman–Crippen MR) is 54.6 cm³/mol. The molecule has 72 valence electrons. The summed E-state index contributed by atoms with van der Waals surface area (Å²) in [7, 11) is 0. The minimum atomic E-state index is -1.000. The van der Waals surface area contributed by atoms with Crippen LogP contribution in [0.4, 0.5) is 4.39 Å². The van der Waals surface area contributed by atoms with Gasteiger partial charge in [-0.15, -0.1) is 23.2 Å². The second-order valence-electron chi connectivity index (χ2n) is 2.45. The quantitative estimate of drug-likeness (QED) is 0.827. The number of benzene rings is 1. The predicted octanol–water partition coefficient (Wildman–Crippen LogP) is 3.43. The van der Waals surface area contributed by atoms with Gasteiger partial charge in [0.1, 0.15) is 16.8 Å². The van der Waals surface area contributed by atoms with E-state index in [1.54, 1.807) is 0 Å². The van der Waals surface area contributed by atoms with Gasteiger partial charge in [-0.1, -0.05) is 6.07 Å². The molecule has 0 aliphatic heterocycles. The lowest BCUT2D eigenvalue weighted by molar-refractivity contribution is 0.192. The van der Waals surface area contributed by atoms with Gasteiger partial charge in [-0.05, 0) is 33.6 Å². The molecule has 13 heavy (non-hydrogen) atoms. The summed E-state index contributed by atoms with van der Waals surface area (Å²) < 4.78 is 13.0. The van der Waals surface area contributed by atoms with Gasteiger partial charge in [0, 0.05) is 0 Å². The average molecular weight is 288 g/mol. The molecule has 0 aromatic heterocycles. The van der Waals surface area contributed by atoms with Crippen LogP contribution in [-0.4, -0.2) is 9.94 Å². The summed E-state index contributed by atoms with van der Waals surface area (Å²) in [6.45, 7) is 0. The fourth-order valence-electron chi connectivity index (χ4n) is 0.842. The highest BCUT2D eigenvalue weighted by Gasteiger charge is 2.16.